The van der Waals surface area contributed by atoms with Gasteiger partial charge in [0.25, 0.3) is 0 Å². The van der Waals surface area contributed by atoms with Gasteiger partial charge in [-0.2, -0.15) is 0 Å². The topological polar surface area (TPSA) is 50.0 Å². The lowest BCUT2D eigenvalue weighted by Gasteiger charge is -2.32. The van der Waals surface area contributed by atoms with E-state index in [1.165, 1.54) is 49.2 Å². The van der Waals surface area contributed by atoms with E-state index in [1.54, 1.807) is 0 Å². The molecule has 4 heterocycles. The summed E-state index contributed by atoms with van der Waals surface area (Å²) in [4.78, 5) is 2.29. The number of para-hydroxylation sites is 3. The average molecular weight is 980 g/mol. The van der Waals surface area contributed by atoms with E-state index in [4.69, 9.17) is 18.6 Å². The smallest absolute Gasteiger partial charge is 0.399 e. The van der Waals surface area contributed by atoms with Crippen LogP contribution in [0.25, 0.3) is 77.2 Å². The van der Waals surface area contributed by atoms with E-state index in [-0.39, 0.29) is 0 Å². The molecule has 368 valence electrons. The van der Waals surface area contributed by atoms with Gasteiger partial charge in [0.05, 0.1) is 44.5 Å². The molecule has 2 aromatic heterocycles. The lowest BCUT2D eigenvalue weighted by Crippen LogP contribution is -2.41. The second kappa shape index (κ2) is 17.5. The summed E-state index contributed by atoms with van der Waals surface area (Å²) in [6.45, 7) is 16.7. The summed E-state index contributed by atoms with van der Waals surface area (Å²) in [7, 11) is -0.900. The largest absolute Gasteiger partial charge is 0.494 e. The molecule has 11 aromatic rings. The van der Waals surface area contributed by atoms with E-state index in [9.17, 15) is 0 Å². The number of benzene rings is 9. The van der Waals surface area contributed by atoms with Crippen LogP contribution in [-0.2, 0) is 18.6 Å². The first-order valence-corrected chi connectivity index (χ1v) is 26.2. The monoisotopic (exact) mass is 979 g/mol. The van der Waals surface area contributed by atoms with E-state index in [0.717, 1.165) is 56.0 Å². The number of rotatable bonds is 9. The van der Waals surface area contributed by atoms with Crippen molar-refractivity contribution in [2.24, 2.45) is 0 Å². The van der Waals surface area contributed by atoms with Crippen molar-refractivity contribution in [3.63, 3.8) is 0 Å². The van der Waals surface area contributed by atoms with Crippen molar-refractivity contribution in [1.82, 2.24) is 9.13 Å². The molecule has 9 heteroatoms. The molecule has 2 aliphatic rings. The van der Waals surface area contributed by atoms with Gasteiger partial charge in [-0.15, -0.1) is 0 Å². The normalized spacial score (nSPS) is 16.7. The molecule has 2 fully saturated rings. The highest BCUT2D eigenvalue weighted by Gasteiger charge is 2.52. The lowest BCUT2D eigenvalue weighted by molar-refractivity contribution is 0.00578. The zero-order chi connectivity index (χ0) is 51.4. The minimum absolute atomic E-state index is 0.429. The number of anilines is 3. The first kappa shape index (κ1) is 47.1. The van der Waals surface area contributed by atoms with Gasteiger partial charge >= 0.3 is 14.2 Å². The Labute approximate surface area is 440 Å². The summed E-state index contributed by atoms with van der Waals surface area (Å²) in [5, 5.41) is 4.97. The van der Waals surface area contributed by atoms with Gasteiger partial charge in [0, 0.05) is 50.0 Å². The summed E-state index contributed by atoms with van der Waals surface area (Å²) in [6, 6.07) is 76.8. The van der Waals surface area contributed by atoms with Crippen molar-refractivity contribution in [3.8, 4) is 33.6 Å². The van der Waals surface area contributed by atoms with Gasteiger partial charge in [0.2, 0.25) is 0 Å². The van der Waals surface area contributed by atoms with Gasteiger partial charge in [-0.05, 0) is 173 Å². The molecule has 0 amide bonds. The molecule has 0 atom stereocenters. The molecular weight excluding hydrogens is 920 g/mol. The van der Waals surface area contributed by atoms with Gasteiger partial charge in [0.1, 0.15) is 0 Å². The Bertz CT molecular complexity index is 3790. The summed E-state index contributed by atoms with van der Waals surface area (Å²) in [5.41, 5.74) is 14.9. The Morgan fingerprint density at radius 3 is 0.987 bits per heavy atom. The molecule has 9 aromatic carbocycles. The SMILES string of the molecule is CC1(C)OB(c2ccc(N(c3ccc(B4OC(C)(C)C(C)(C)O4)cc3)c3ccc(-c4ccc5c6ccccc6n(-c6ccc(-c7ccc(-n8c9ccccc9c9ccccc98)cc7)cc6)c5c4)cc3)cc2)OC1(C)C. The highest BCUT2D eigenvalue weighted by molar-refractivity contribution is 6.62. The van der Waals surface area contributed by atoms with Crippen LogP contribution in [0.5, 0.6) is 0 Å². The fourth-order valence-electron chi connectivity index (χ4n) is 11.0. The van der Waals surface area contributed by atoms with Gasteiger partial charge < -0.3 is 32.7 Å². The molecule has 0 saturated carbocycles. The highest BCUT2D eigenvalue weighted by atomic mass is 16.7. The molecule has 0 bridgehead atoms. The standard InChI is InChI=1S/C66H59B2N3O4/c1-63(2)64(3,4)73-67(72-63)48-28-38-51(39-29-48)69(52-40-30-49(31-41-52)68-74-65(5,6)66(7,8)75-68)50-32-25-46(26-33-50)47-27-42-58-57-17-11-14-20-61(57)71(62(58)43-47)54-36-23-45(24-37-54)44-21-34-53(35-22-44)70-59-18-12-9-15-55(59)56-16-10-13-19-60(56)70/h9-43H,1-8H3. The van der Waals surface area contributed by atoms with Crippen molar-refractivity contribution in [3.05, 3.63) is 212 Å². The maximum Gasteiger partial charge on any atom is 0.494 e. The molecule has 0 aliphatic carbocycles. The number of hydrogen-bond acceptors (Lipinski definition) is 5. The number of aromatic nitrogens is 2. The van der Waals surface area contributed by atoms with Gasteiger partial charge in [-0.1, -0.05) is 127 Å². The van der Waals surface area contributed by atoms with Crippen LogP contribution in [0.2, 0.25) is 0 Å². The van der Waals surface area contributed by atoms with Crippen molar-refractivity contribution in [2.45, 2.75) is 77.8 Å². The predicted octanol–water partition coefficient (Wildman–Crippen LogP) is 15.3. The quantitative estimate of drug-likeness (QED) is 0.135. The Balaban J connectivity index is 0.817. The van der Waals surface area contributed by atoms with Gasteiger partial charge in [-0.25, -0.2) is 0 Å². The van der Waals surface area contributed by atoms with Crippen LogP contribution >= 0.6 is 0 Å². The summed E-state index contributed by atoms with van der Waals surface area (Å²) in [6.07, 6.45) is 0. The Kier molecular flexibility index (Phi) is 11.0. The van der Waals surface area contributed by atoms with Crippen molar-refractivity contribution in [2.75, 3.05) is 4.90 Å². The van der Waals surface area contributed by atoms with Crippen LogP contribution in [-0.4, -0.2) is 45.8 Å². The van der Waals surface area contributed by atoms with Crippen molar-refractivity contribution >= 4 is 85.8 Å². The second-order valence-corrected chi connectivity index (χ2v) is 22.3. The van der Waals surface area contributed by atoms with E-state index in [0.29, 0.717) is 0 Å². The van der Waals surface area contributed by atoms with Gasteiger partial charge in [0.15, 0.2) is 0 Å². The molecule has 0 spiro atoms. The molecule has 2 saturated heterocycles. The summed E-state index contributed by atoms with van der Waals surface area (Å²) in [5.74, 6) is 0. The molecule has 0 radical (unpaired) electrons. The molecule has 0 N–H and O–H groups in total. The first-order chi connectivity index (χ1) is 36.1. The average Bonchev–Trinajstić information content (AvgIpc) is 4.08. The molecule has 7 nitrogen and oxygen atoms in total. The van der Waals surface area contributed by atoms with Crippen molar-refractivity contribution in [1.29, 1.82) is 0 Å². The third-order valence-electron chi connectivity index (χ3n) is 16.7. The van der Waals surface area contributed by atoms with Gasteiger partial charge in [-0.3, -0.25) is 0 Å². The molecule has 13 rings (SSSR count). The van der Waals surface area contributed by atoms with Crippen LogP contribution in [0.15, 0.2) is 212 Å². The summed E-state index contributed by atoms with van der Waals surface area (Å²) < 4.78 is 30.5. The van der Waals surface area contributed by atoms with E-state index in [2.05, 4.69) is 282 Å². The molecule has 2 aliphatic heterocycles. The van der Waals surface area contributed by atoms with Crippen molar-refractivity contribution < 1.29 is 18.6 Å². The Morgan fingerprint density at radius 2 is 0.600 bits per heavy atom. The minimum Gasteiger partial charge on any atom is -0.399 e. The minimum atomic E-state index is -0.450. The Morgan fingerprint density at radius 1 is 0.307 bits per heavy atom. The second-order valence-electron chi connectivity index (χ2n) is 22.3. The zero-order valence-corrected chi connectivity index (χ0v) is 43.8. The third-order valence-corrected chi connectivity index (χ3v) is 16.7. The van der Waals surface area contributed by atoms with E-state index in [1.807, 2.05) is 0 Å². The number of fused-ring (bicyclic) bond motifs is 6. The lowest BCUT2D eigenvalue weighted by atomic mass is 9.79. The van der Waals surface area contributed by atoms with Crippen LogP contribution in [0.4, 0.5) is 17.1 Å². The zero-order valence-electron chi connectivity index (χ0n) is 43.8. The maximum atomic E-state index is 6.43. The van der Waals surface area contributed by atoms with Crippen LogP contribution in [0, 0.1) is 0 Å². The molecular formula is C66H59B2N3O4. The fraction of sp³-hybridized carbons (Fsp3) is 0.182. The first-order valence-electron chi connectivity index (χ1n) is 26.2. The summed E-state index contributed by atoms with van der Waals surface area (Å²) >= 11 is 0. The predicted molar refractivity (Wildman–Crippen MR) is 312 cm³/mol. The number of hydrogen-bond donors (Lipinski definition) is 0. The van der Waals surface area contributed by atoms with Crippen LogP contribution in [0.1, 0.15) is 55.4 Å². The van der Waals surface area contributed by atoms with Crippen LogP contribution < -0.4 is 15.8 Å². The maximum absolute atomic E-state index is 6.43. The van der Waals surface area contributed by atoms with Crippen LogP contribution in [0.3, 0.4) is 0 Å². The van der Waals surface area contributed by atoms with E-state index < -0.39 is 36.6 Å². The Hall–Kier alpha value is -7.65. The highest BCUT2D eigenvalue weighted by Crippen LogP contribution is 2.42. The van der Waals surface area contributed by atoms with E-state index >= 15 is 0 Å². The number of nitrogens with zero attached hydrogens (tertiary/aromatic N) is 3. The molecule has 75 heavy (non-hydrogen) atoms. The third kappa shape index (κ3) is 7.91. The molecule has 0 unspecified atom stereocenters. The fourth-order valence-corrected chi connectivity index (χ4v) is 11.0.